The lowest BCUT2D eigenvalue weighted by Gasteiger charge is -2.17. The van der Waals surface area contributed by atoms with Gasteiger partial charge in [-0.1, -0.05) is 90.2 Å². The van der Waals surface area contributed by atoms with Gasteiger partial charge in [0.05, 0.1) is 25.0 Å². The van der Waals surface area contributed by atoms with Crippen LogP contribution in [-0.4, -0.2) is 25.2 Å². The lowest BCUT2D eigenvalue weighted by Crippen LogP contribution is -2.24. The first-order chi connectivity index (χ1) is 14.2. The molecule has 1 rings (SSSR count). The van der Waals surface area contributed by atoms with Crippen LogP contribution in [0, 0.1) is 11.8 Å². The van der Waals surface area contributed by atoms with E-state index < -0.39 is 0 Å². The molecule has 2 unspecified atom stereocenters. The molecule has 0 spiro atoms. The van der Waals surface area contributed by atoms with Crippen molar-refractivity contribution in [1.29, 1.82) is 0 Å². The summed E-state index contributed by atoms with van der Waals surface area (Å²) in [6, 6.07) is 0. The third-order valence-electron chi connectivity index (χ3n) is 5.71. The molecule has 0 radical (unpaired) electrons. The maximum atomic E-state index is 12.4. The molecule has 0 bridgehead atoms. The van der Waals surface area contributed by atoms with Crippen LogP contribution >= 0.6 is 0 Å². The summed E-state index contributed by atoms with van der Waals surface area (Å²) in [7, 11) is 0. The quantitative estimate of drug-likeness (QED) is 0.161. The Morgan fingerprint density at radius 1 is 0.759 bits per heavy atom. The highest BCUT2D eigenvalue weighted by Crippen LogP contribution is 2.25. The largest absolute Gasteiger partial charge is 0.465 e. The number of hydrogen-bond donors (Lipinski definition) is 0. The SMILES string of the molecule is CCCCCCCCOC(=O)C1C=CCCC(C(=O)OCCCCCCCC)C1. The molecule has 0 aromatic rings. The van der Waals surface area contributed by atoms with Gasteiger partial charge in [-0.3, -0.25) is 9.59 Å². The minimum absolute atomic E-state index is 0.143. The predicted molar refractivity (Wildman–Crippen MR) is 119 cm³/mol. The van der Waals surface area contributed by atoms with E-state index in [-0.39, 0.29) is 23.8 Å². The minimum atomic E-state index is -0.316. The fourth-order valence-electron chi connectivity index (χ4n) is 3.78. The van der Waals surface area contributed by atoms with Gasteiger partial charge < -0.3 is 9.47 Å². The summed E-state index contributed by atoms with van der Waals surface area (Å²) in [6.45, 7) is 5.41. The van der Waals surface area contributed by atoms with Crippen molar-refractivity contribution < 1.29 is 19.1 Å². The number of rotatable bonds is 16. The molecule has 1 aliphatic carbocycles. The zero-order valence-electron chi connectivity index (χ0n) is 19.0. The van der Waals surface area contributed by atoms with Gasteiger partial charge in [0.25, 0.3) is 0 Å². The van der Waals surface area contributed by atoms with Crippen molar-refractivity contribution in [3.05, 3.63) is 12.2 Å². The standard InChI is InChI=1S/C25H44O4/c1-3-5-7-9-11-15-19-28-24(26)22-17-13-14-18-23(21-22)25(27)29-20-16-12-10-8-6-4-2/h13,17,22-23H,3-12,14-16,18-21H2,1-2H3. The van der Waals surface area contributed by atoms with Gasteiger partial charge in [-0.05, 0) is 32.1 Å². The fraction of sp³-hybridized carbons (Fsp3) is 0.840. The molecule has 0 saturated carbocycles. The summed E-state index contributed by atoms with van der Waals surface area (Å²) < 4.78 is 11.0. The second kappa shape index (κ2) is 17.5. The summed E-state index contributed by atoms with van der Waals surface area (Å²) in [5, 5.41) is 0. The van der Waals surface area contributed by atoms with Crippen LogP contribution in [0.5, 0.6) is 0 Å². The number of carbonyl (C=O) groups excluding carboxylic acids is 2. The van der Waals surface area contributed by atoms with E-state index in [4.69, 9.17) is 9.47 Å². The molecular weight excluding hydrogens is 364 g/mol. The molecule has 0 fully saturated rings. The lowest BCUT2D eigenvalue weighted by atomic mass is 9.94. The van der Waals surface area contributed by atoms with Crippen molar-refractivity contribution in [2.75, 3.05) is 13.2 Å². The molecule has 0 amide bonds. The molecule has 0 aliphatic heterocycles. The van der Waals surface area contributed by atoms with Crippen molar-refractivity contribution >= 4 is 11.9 Å². The summed E-state index contributed by atoms with van der Waals surface area (Å²) in [5.74, 6) is -0.845. The van der Waals surface area contributed by atoms with Crippen LogP contribution in [0.2, 0.25) is 0 Å². The van der Waals surface area contributed by atoms with E-state index in [0.717, 1.165) is 38.5 Å². The van der Waals surface area contributed by atoms with Gasteiger partial charge in [-0.2, -0.15) is 0 Å². The third-order valence-corrected chi connectivity index (χ3v) is 5.71. The normalized spacial score (nSPS) is 19.0. The molecule has 4 nitrogen and oxygen atoms in total. The molecular formula is C25H44O4. The number of ether oxygens (including phenoxy) is 2. The van der Waals surface area contributed by atoms with E-state index in [1.807, 2.05) is 12.2 Å². The van der Waals surface area contributed by atoms with Crippen LogP contribution in [-0.2, 0) is 19.1 Å². The maximum absolute atomic E-state index is 12.4. The highest BCUT2D eigenvalue weighted by molar-refractivity contribution is 5.77. The van der Waals surface area contributed by atoms with Crippen molar-refractivity contribution in [3.8, 4) is 0 Å². The van der Waals surface area contributed by atoms with Gasteiger partial charge in [0.1, 0.15) is 0 Å². The topological polar surface area (TPSA) is 52.6 Å². The molecule has 0 N–H and O–H groups in total. The molecule has 0 aromatic heterocycles. The molecule has 1 aliphatic rings. The van der Waals surface area contributed by atoms with Gasteiger partial charge in [0.2, 0.25) is 0 Å². The highest BCUT2D eigenvalue weighted by Gasteiger charge is 2.29. The smallest absolute Gasteiger partial charge is 0.312 e. The molecule has 2 atom stereocenters. The van der Waals surface area contributed by atoms with Gasteiger partial charge in [-0.25, -0.2) is 0 Å². The number of hydrogen-bond acceptors (Lipinski definition) is 4. The van der Waals surface area contributed by atoms with Gasteiger partial charge in [0, 0.05) is 0 Å². The molecule has 0 saturated heterocycles. The number of allylic oxidation sites excluding steroid dienone is 1. The molecule has 29 heavy (non-hydrogen) atoms. The van der Waals surface area contributed by atoms with Crippen LogP contribution in [0.15, 0.2) is 12.2 Å². The van der Waals surface area contributed by atoms with Crippen molar-refractivity contribution in [1.82, 2.24) is 0 Å². The second-order valence-corrected chi connectivity index (χ2v) is 8.42. The second-order valence-electron chi connectivity index (χ2n) is 8.42. The fourth-order valence-corrected chi connectivity index (χ4v) is 3.78. The van der Waals surface area contributed by atoms with E-state index in [9.17, 15) is 9.59 Å². The van der Waals surface area contributed by atoms with E-state index in [1.54, 1.807) is 0 Å². The molecule has 0 heterocycles. The highest BCUT2D eigenvalue weighted by atomic mass is 16.5. The summed E-state index contributed by atoms with van der Waals surface area (Å²) >= 11 is 0. The first-order valence-corrected chi connectivity index (χ1v) is 12.2. The molecule has 4 heteroatoms. The zero-order valence-corrected chi connectivity index (χ0v) is 19.0. The Labute approximate surface area is 178 Å². The number of esters is 2. The van der Waals surface area contributed by atoms with Crippen LogP contribution < -0.4 is 0 Å². The van der Waals surface area contributed by atoms with Gasteiger partial charge in [-0.15, -0.1) is 0 Å². The van der Waals surface area contributed by atoms with Crippen LogP contribution in [0.4, 0.5) is 0 Å². The van der Waals surface area contributed by atoms with Crippen LogP contribution in [0.1, 0.15) is 110 Å². The van der Waals surface area contributed by atoms with Crippen LogP contribution in [0.25, 0.3) is 0 Å². The monoisotopic (exact) mass is 408 g/mol. The first kappa shape index (κ1) is 25.7. The average molecular weight is 409 g/mol. The Kier molecular flexibility index (Phi) is 15.5. The van der Waals surface area contributed by atoms with Crippen LogP contribution in [0.3, 0.4) is 0 Å². The predicted octanol–water partition coefficient (Wildman–Crippen LogP) is 6.77. The Morgan fingerprint density at radius 3 is 1.86 bits per heavy atom. The van der Waals surface area contributed by atoms with Crippen molar-refractivity contribution in [2.24, 2.45) is 11.8 Å². The average Bonchev–Trinajstić information content (AvgIpc) is 2.98. The Hall–Kier alpha value is -1.32. The molecule has 0 aromatic carbocycles. The third kappa shape index (κ3) is 12.8. The lowest BCUT2D eigenvalue weighted by molar-refractivity contribution is -0.151. The Bertz CT molecular complexity index is 458. The Balaban J connectivity index is 2.22. The Morgan fingerprint density at radius 2 is 1.28 bits per heavy atom. The van der Waals surface area contributed by atoms with Gasteiger partial charge >= 0.3 is 11.9 Å². The number of carbonyl (C=O) groups is 2. The summed E-state index contributed by atoms with van der Waals surface area (Å²) in [5.41, 5.74) is 0. The first-order valence-electron chi connectivity index (χ1n) is 12.2. The zero-order chi connectivity index (χ0) is 21.2. The maximum Gasteiger partial charge on any atom is 0.312 e. The van der Waals surface area contributed by atoms with Crippen molar-refractivity contribution in [3.63, 3.8) is 0 Å². The summed E-state index contributed by atoms with van der Waals surface area (Å²) in [4.78, 5) is 24.9. The van der Waals surface area contributed by atoms with E-state index in [2.05, 4.69) is 13.8 Å². The van der Waals surface area contributed by atoms with E-state index in [1.165, 1.54) is 51.4 Å². The summed E-state index contributed by atoms with van der Waals surface area (Å²) in [6.07, 6.45) is 20.1. The number of unbranched alkanes of at least 4 members (excludes halogenated alkanes) is 10. The minimum Gasteiger partial charge on any atom is -0.465 e. The van der Waals surface area contributed by atoms with Gasteiger partial charge in [0.15, 0.2) is 0 Å². The van der Waals surface area contributed by atoms with E-state index >= 15 is 0 Å². The van der Waals surface area contributed by atoms with Crippen molar-refractivity contribution in [2.45, 2.75) is 110 Å². The van der Waals surface area contributed by atoms with E-state index in [0.29, 0.717) is 19.6 Å². The molecule has 168 valence electrons.